The van der Waals surface area contributed by atoms with E-state index in [0.717, 1.165) is 10.4 Å². The smallest absolute Gasteiger partial charge is 0.345 e. The minimum atomic E-state index is -0.933. The van der Waals surface area contributed by atoms with E-state index < -0.39 is 5.97 Å². The fraction of sp³-hybridized carbons (Fsp3) is 0.333. The van der Waals surface area contributed by atoms with E-state index in [-0.39, 0.29) is 5.91 Å². The third kappa shape index (κ3) is 5.21. The molecule has 2 aromatic rings. The molecule has 1 aromatic carbocycles. The molecule has 2 N–H and O–H groups in total. The van der Waals surface area contributed by atoms with Gasteiger partial charge in [0.2, 0.25) is 5.91 Å². The largest absolute Gasteiger partial charge is 0.477 e. The lowest BCUT2D eigenvalue weighted by molar-refractivity contribution is -0.121. The molecule has 0 spiro atoms. The number of rotatable bonds is 7. The van der Waals surface area contributed by atoms with Crippen LogP contribution in [0.25, 0.3) is 0 Å². The summed E-state index contributed by atoms with van der Waals surface area (Å²) in [6.45, 7) is 4.69. The van der Waals surface area contributed by atoms with E-state index >= 15 is 0 Å². The zero-order chi connectivity index (χ0) is 16.8. The highest BCUT2D eigenvalue weighted by molar-refractivity contribution is 7.13. The highest BCUT2D eigenvalue weighted by atomic mass is 32.1. The first-order valence-corrected chi connectivity index (χ1v) is 8.45. The number of nitrogens with one attached hydrogen (secondary N) is 1. The fourth-order valence-electron chi connectivity index (χ4n) is 2.19. The summed E-state index contributed by atoms with van der Waals surface area (Å²) in [6, 6.07) is 11.7. The van der Waals surface area contributed by atoms with Gasteiger partial charge >= 0.3 is 5.97 Å². The van der Waals surface area contributed by atoms with Crippen molar-refractivity contribution in [3.05, 3.63) is 57.3 Å². The van der Waals surface area contributed by atoms with Gasteiger partial charge in [-0.3, -0.25) is 4.79 Å². The summed E-state index contributed by atoms with van der Waals surface area (Å²) < 4.78 is 0. The first-order chi connectivity index (χ1) is 11.0. The predicted molar refractivity (Wildman–Crippen MR) is 92.0 cm³/mol. The standard InChI is InChI=1S/C18H21NO3S/c1-12(2)14-6-3-13(4-7-14)5-10-17(20)19-11-15-8-9-16(23-15)18(21)22/h3-4,6-9,12H,5,10-11H2,1-2H3,(H,19,20)(H,21,22). The van der Waals surface area contributed by atoms with Crippen molar-refractivity contribution >= 4 is 23.2 Å². The van der Waals surface area contributed by atoms with Gasteiger partial charge in [0.05, 0.1) is 6.54 Å². The molecule has 5 heteroatoms. The molecule has 4 nitrogen and oxygen atoms in total. The van der Waals surface area contributed by atoms with Gasteiger partial charge in [0.15, 0.2) is 0 Å². The Morgan fingerprint density at radius 1 is 1.13 bits per heavy atom. The van der Waals surface area contributed by atoms with Crippen molar-refractivity contribution in [2.45, 2.75) is 39.2 Å². The van der Waals surface area contributed by atoms with E-state index in [1.54, 1.807) is 12.1 Å². The molecule has 0 atom stereocenters. The molecule has 0 saturated carbocycles. The van der Waals surface area contributed by atoms with Crippen molar-refractivity contribution in [2.24, 2.45) is 0 Å². The van der Waals surface area contributed by atoms with E-state index in [0.29, 0.717) is 30.2 Å². The Hall–Kier alpha value is -2.14. The third-order valence-electron chi connectivity index (χ3n) is 3.62. The predicted octanol–water partition coefficient (Wildman–Crippen LogP) is 3.82. The van der Waals surface area contributed by atoms with Gasteiger partial charge in [-0.15, -0.1) is 11.3 Å². The molecule has 2 rings (SSSR count). The molecule has 0 aliphatic rings. The SMILES string of the molecule is CC(C)c1ccc(CCC(=O)NCc2ccc(C(=O)O)s2)cc1. The van der Waals surface area contributed by atoms with Gasteiger partial charge in [0, 0.05) is 11.3 Å². The molecule has 1 heterocycles. The molecule has 0 unspecified atom stereocenters. The quantitative estimate of drug-likeness (QED) is 0.810. The summed E-state index contributed by atoms with van der Waals surface area (Å²) in [5.41, 5.74) is 2.44. The molecule has 0 saturated heterocycles. The Bertz CT molecular complexity index is 674. The van der Waals surface area contributed by atoms with Crippen LogP contribution >= 0.6 is 11.3 Å². The Morgan fingerprint density at radius 3 is 2.39 bits per heavy atom. The number of amides is 1. The second-order valence-electron chi connectivity index (χ2n) is 5.74. The molecular weight excluding hydrogens is 310 g/mol. The van der Waals surface area contributed by atoms with E-state index in [4.69, 9.17) is 5.11 Å². The molecule has 0 aliphatic heterocycles. The molecule has 0 bridgehead atoms. The van der Waals surface area contributed by atoms with Crippen LogP contribution < -0.4 is 5.32 Å². The van der Waals surface area contributed by atoms with Crippen LogP contribution in [0.4, 0.5) is 0 Å². The molecule has 0 fully saturated rings. The summed E-state index contributed by atoms with van der Waals surface area (Å²) in [4.78, 5) is 23.8. The van der Waals surface area contributed by atoms with Gasteiger partial charge in [-0.2, -0.15) is 0 Å². The number of hydrogen-bond acceptors (Lipinski definition) is 3. The van der Waals surface area contributed by atoms with Crippen LogP contribution in [0.15, 0.2) is 36.4 Å². The average molecular weight is 331 g/mol. The highest BCUT2D eigenvalue weighted by Crippen LogP contribution is 2.17. The number of carbonyl (C=O) groups excluding carboxylic acids is 1. The van der Waals surface area contributed by atoms with Crippen molar-refractivity contribution in [2.75, 3.05) is 0 Å². The number of aromatic carboxylic acids is 1. The zero-order valence-corrected chi connectivity index (χ0v) is 14.2. The number of carboxylic acid groups (broad SMARTS) is 1. The van der Waals surface area contributed by atoms with E-state index in [1.165, 1.54) is 16.9 Å². The summed E-state index contributed by atoms with van der Waals surface area (Å²) in [6.07, 6.45) is 1.13. The maximum absolute atomic E-state index is 11.9. The van der Waals surface area contributed by atoms with Crippen LogP contribution in [0.1, 0.15) is 51.9 Å². The Labute approximate surface area is 140 Å². The van der Waals surface area contributed by atoms with Gasteiger partial charge < -0.3 is 10.4 Å². The van der Waals surface area contributed by atoms with Crippen molar-refractivity contribution in [1.82, 2.24) is 5.32 Å². The van der Waals surface area contributed by atoms with E-state index in [1.807, 2.05) is 0 Å². The number of carboxylic acids is 1. The van der Waals surface area contributed by atoms with Crippen LogP contribution in [-0.2, 0) is 17.8 Å². The van der Waals surface area contributed by atoms with Crippen LogP contribution in [0, 0.1) is 0 Å². The maximum atomic E-state index is 11.9. The summed E-state index contributed by atoms with van der Waals surface area (Å²) in [7, 11) is 0. The topological polar surface area (TPSA) is 66.4 Å². The lowest BCUT2D eigenvalue weighted by Crippen LogP contribution is -2.22. The van der Waals surface area contributed by atoms with Gasteiger partial charge in [0.1, 0.15) is 4.88 Å². The molecule has 0 radical (unpaired) electrons. The van der Waals surface area contributed by atoms with Gasteiger partial charge in [0.25, 0.3) is 0 Å². The van der Waals surface area contributed by atoms with Crippen LogP contribution in [0.3, 0.4) is 0 Å². The average Bonchev–Trinajstić information content (AvgIpc) is 3.00. The minimum Gasteiger partial charge on any atom is -0.477 e. The van der Waals surface area contributed by atoms with E-state index in [9.17, 15) is 9.59 Å². The maximum Gasteiger partial charge on any atom is 0.345 e. The van der Waals surface area contributed by atoms with Crippen molar-refractivity contribution in [3.8, 4) is 0 Å². The van der Waals surface area contributed by atoms with Crippen molar-refractivity contribution in [1.29, 1.82) is 0 Å². The van der Waals surface area contributed by atoms with Crippen LogP contribution in [0.5, 0.6) is 0 Å². The Balaban J connectivity index is 1.77. The second-order valence-corrected chi connectivity index (χ2v) is 6.91. The highest BCUT2D eigenvalue weighted by Gasteiger charge is 2.08. The second kappa shape index (κ2) is 7.92. The normalized spacial score (nSPS) is 10.7. The van der Waals surface area contributed by atoms with Gasteiger partial charge in [-0.25, -0.2) is 4.79 Å². The van der Waals surface area contributed by atoms with Crippen LogP contribution in [-0.4, -0.2) is 17.0 Å². The number of benzene rings is 1. The fourth-order valence-corrected chi connectivity index (χ4v) is 2.98. The third-order valence-corrected chi connectivity index (χ3v) is 4.69. The molecule has 23 heavy (non-hydrogen) atoms. The number of hydrogen-bond donors (Lipinski definition) is 2. The van der Waals surface area contributed by atoms with Crippen LogP contribution in [0.2, 0.25) is 0 Å². The molecule has 1 aromatic heterocycles. The number of thiophene rings is 1. The van der Waals surface area contributed by atoms with Crippen molar-refractivity contribution in [3.63, 3.8) is 0 Å². The Kier molecular flexibility index (Phi) is 5.93. The number of carbonyl (C=O) groups is 2. The summed E-state index contributed by atoms with van der Waals surface area (Å²) in [5, 5.41) is 11.7. The first kappa shape index (κ1) is 17.2. The molecule has 122 valence electrons. The lowest BCUT2D eigenvalue weighted by Gasteiger charge is -2.07. The van der Waals surface area contributed by atoms with Gasteiger partial charge in [-0.1, -0.05) is 38.1 Å². The zero-order valence-electron chi connectivity index (χ0n) is 13.3. The van der Waals surface area contributed by atoms with Crippen molar-refractivity contribution < 1.29 is 14.7 Å². The number of aryl methyl sites for hydroxylation is 1. The first-order valence-electron chi connectivity index (χ1n) is 7.63. The summed E-state index contributed by atoms with van der Waals surface area (Å²) >= 11 is 1.19. The van der Waals surface area contributed by atoms with Gasteiger partial charge in [-0.05, 0) is 35.6 Å². The monoisotopic (exact) mass is 331 g/mol. The van der Waals surface area contributed by atoms with E-state index in [2.05, 4.69) is 43.4 Å². The molecular formula is C18H21NO3S. The molecule has 1 amide bonds. The summed E-state index contributed by atoms with van der Waals surface area (Å²) in [5.74, 6) is -0.450. The lowest BCUT2D eigenvalue weighted by atomic mass is 10.0. The molecule has 0 aliphatic carbocycles. The minimum absolute atomic E-state index is 0.0248. The Morgan fingerprint density at radius 2 is 1.83 bits per heavy atom.